The van der Waals surface area contributed by atoms with Crippen molar-refractivity contribution in [3.8, 4) is 0 Å². The van der Waals surface area contributed by atoms with Crippen molar-refractivity contribution in [1.29, 1.82) is 0 Å². The molecule has 0 atom stereocenters. The quantitative estimate of drug-likeness (QED) is 0.844. The number of carboxylic acid groups (broad SMARTS) is 1. The van der Waals surface area contributed by atoms with Crippen molar-refractivity contribution in [2.45, 2.75) is 6.42 Å². The molecular weight excluding hydrogens is 212 g/mol. The molecule has 0 aliphatic heterocycles. The molecule has 0 aromatic heterocycles. The van der Waals surface area contributed by atoms with Gasteiger partial charge in [-0.15, -0.1) is 0 Å². The van der Waals surface area contributed by atoms with Gasteiger partial charge >= 0.3 is 5.97 Å². The van der Waals surface area contributed by atoms with E-state index in [0.29, 0.717) is 5.02 Å². The topological polar surface area (TPSA) is 37.3 Å². The number of halogens is 1. The average molecular weight is 221 g/mol. The van der Waals surface area contributed by atoms with Gasteiger partial charge < -0.3 is 5.11 Å². The third kappa shape index (κ3) is 1.95. The number of fused-ring (bicyclic) bond motifs is 1. The molecule has 0 fully saturated rings. The molecule has 3 heteroatoms. The van der Waals surface area contributed by atoms with Crippen LogP contribution in [0.3, 0.4) is 0 Å². The zero-order chi connectivity index (χ0) is 10.8. The number of hydrogen-bond donors (Lipinski definition) is 1. The standard InChI is InChI=1S/C12H9ClO2/c13-11-6-5-8(7-12(14)15)9-3-1-2-4-10(9)11/h1-6H,7H2,(H,14,15). The normalized spacial score (nSPS) is 10.5. The van der Waals surface area contributed by atoms with Crippen LogP contribution >= 0.6 is 11.6 Å². The van der Waals surface area contributed by atoms with E-state index in [9.17, 15) is 4.79 Å². The molecule has 0 bridgehead atoms. The van der Waals surface area contributed by atoms with E-state index in [1.165, 1.54) is 0 Å². The number of benzene rings is 2. The first-order valence-electron chi connectivity index (χ1n) is 4.56. The first-order chi connectivity index (χ1) is 7.18. The SMILES string of the molecule is O=C(O)Cc1ccc(Cl)c2ccccc12. The van der Waals surface area contributed by atoms with Gasteiger partial charge in [0.05, 0.1) is 6.42 Å². The van der Waals surface area contributed by atoms with Gasteiger partial charge in [0, 0.05) is 10.4 Å². The minimum Gasteiger partial charge on any atom is -0.481 e. The molecule has 0 unspecified atom stereocenters. The van der Waals surface area contributed by atoms with E-state index in [1.54, 1.807) is 12.1 Å². The number of aliphatic carboxylic acids is 1. The van der Waals surface area contributed by atoms with Gasteiger partial charge in [0.2, 0.25) is 0 Å². The second-order valence-corrected chi connectivity index (χ2v) is 3.73. The summed E-state index contributed by atoms with van der Waals surface area (Å²) in [6, 6.07) is 11.0. The molecule has 0 aliphatic rings. The van der Waals surface area contributed by atoms with Crippen LogP contribution in [0.5, 0.6) is 0 Å². The average Bonchev–Trinajstić information content (AvgIpc) is 2.22. The molecule has 2 aromatic carbocycles. The molecule has 0 radical (unpaired) electrons. The van der Waals surface area contributed by atoms with Crippen LogP contribution < -0.4 is 0 Å². The van der Waals surface area contributed by atoms with Gasteiger partial charge in [0.15, 0.2) is 0 Å². The largest absolute Gasteiger partial charge is 0.481 e. The van der Waals surface area contributed by atoms with E-state index in [4.69, 9.17) is 16.7 Å². The van der Waals surface area contributed by atoms with E-state index in [1.807, 2.05) is 24.3 Å². The smallest absolute Gasteiger partial charge is 0.307 e. The lowest BCUT2D eigenvalue weighted by molar-refractivity contribution is -0.136. The first-order valence-corrected chi connectivity index (χ1v) is 4.94. The molecule has 2 nitrogen and oxygen atoms in total. The highest BCUT2D eigenvalue weighted by Crippen LogP contribution is 2.26. The Morgan fingerprint density at radius 3 is 2.47 bits per heavy atom. The zero-order valence-corrected chi connectivity index (χ0v) is 8.66. The predicted octanol–water partition coefficient (Wildman–Crippen LogP) is 3.12. The molecule has 0 spiro atoms. The summed E-state index contributed by atoms with van der Waals surface area (Å²) in [4.78, 5) is 10.7. The zero-order valence-electron chi connectivity index (χ0n) is 7.90. The van der Waals surface area contributed by atoms with Crippen molar-refractivity contribution in [3.05, 3.63) is 47.0 Å². The molecular formula is C12H9ClO2. The van der Waals surface area contributed by atoms with Gasteiger partial charge in [-0.25, -0.2) is 0 Å². The maximum absolute atomic E-state index is 10.7. The highest BCUT2D eigenvalue weighted by molar-refractivity contribution is 6.35. The molecule has 2 rings (SSSR count). The molecule has 0 amide bonds. The van der Waals surface area contributed by atoms with Crippen LogP contribution in [-0.4, -0.2) is 11.1 Å². The summed E-state index contributed by atoms with van der Waals surface area (Å²) in [5.74, 6) is -0.831. The van der Waals surface area contributed by atoms with E-state index >= 15 is 0 Å². The second-order valence-electron chi connectivity index (χ2n) is 3.32. The van der Waals surface area contributed by atoms with Gasteiger partial charge in [0.25, 0.3) is 0 Å². The minimum atomic E-state index is -0.831. The summed E-state index contributed by atoms with van der Waals surface area (Å²) >= 11 is 6.02. The summed E-state index contributed by atoms with van der Waals surface area (Å²) in [5, 5.41) is 11.2. The highest BCUT2D eigenvalue weighted by Gasteiger charge is 2.06. The number of hydrogen-bond acceptors (Lipinski definition) is 1. The van der Waals surface area contributed by atoms with Crippen LogP contribution in [-0.2, 0) is 11.2 Å². The molecule has 76 valence electrons. The number of carbonyl (C=O) groups is 1. The Morgan fingerprint density at radius 2 is 1.80 bits per heavy atom. The lowest BCUT2D eigenvalue weighted by atomic mass is 10.0. The Hall–Kier alpha value is -1.54. The summed E-state index contributed by atoms with van der Waals surface area (Å²) in [6.45, 7) is 0. The fraction of sp³-hybridized carbons (Fsp3) is 0.0833. The first kappa shape index (κ1) is 9.99. The highest BCUT2D eigenvalue weighted by atomic mass is 35.5. The Balaban J connectivity index is 2.66. The van der Waals surface area contributed by atoms with Crippen molar-refractivity contribution < 1.29 is 9.90 Å². The number of rotatable bonds is 2. The van der Waals surface area contributed by atoms with Gasteiger partial charge in [-0.2, -0.15) is 0 Å². The van der Waals surface area contributed by atoms with Crippen LogP contribution in [0.4, 0.5) is 0 Å². The minimum absolute atomic E-state index is 0.0255. The van der Waals surface area contributed by atoms with E-state index in [0.717, 1.165) is 16.3 Å². The van der Waals surface area contributed by atoms with Crippen LogP contribution in [0.1, 0.15) is 5.56 Å². The third-order valence-electron chi connectivity index (χ3n) is 2.30. The van der Waals surface area contributed by atoms with Crippen LogP contribution in [0.2, 0.25) is 5.02 Å². The second kappa shape index (κ2) is 3.91. The van der Waals surface area contributed by atoms with Crippen molar-refractivity contribution in [3.63, 3.8) is 0 Å². The molecule has 0 saturated carbocycles. The Morgan fingerprint density at radius 1 is 1.13 bits per heavy atom. The summed E-state index contributed by atoms with van der Waals surface area (Å²) in [6.07, 6.45) is 0.0255. The van der Waals surface area contributed by atoms with Gasteiger partial charge in [-0.05, 0) is 17.0 Å². The van der Waals surface area contributed by atoms with E-state index in [2.05, 4.69) is 0 Å². The molecule has 0 saturated heterocycles. The summed E-state index contributed by atoms with van der Waals surface area (Å²) in [7, 11) is 0. The predicted molar refractivity (Wildman–Crippen MR) is 60.3 cm³/mol. The molecule has 1 N–H and O–H groups in total. The lowest BCUT2D eigenvalue weighted by Crippen LogP contribution is -2.00. The Labute approximate surface area is 92.1 Å². The van der Waals surface area contributed by atoms with E-state index in [-0.39, 0.29) is 6.42 Å². The van der Waals surface area contributed by atoms with Crippen LogP contribution in [0, 0.1) is 0 Å². The van der Waals surface area contributed by atoms with Crippen molar-refractivity contribution in [1.82, 2.24) is 0 Å². The maximum Gasteiger partial charge on any atom is 0.307 e. The number of carboxylic acids is 1. The van der Waals surface area contributed by atoms with Gasteiger partial charge in [-0.1, -0.05) is 41.9 Å². The van der Waals surface area contributed by atoms with Crippen molar-refractivity contribution in [2.75, 3.05) is 0 Å². The summed E-state index contributed by atoms with van der Waals surface area (Å²) in [5.41, 5.74) is 0.794. The van der Waals surface area contributed by atoms with E-state index < -0.39 is 5.97 Å². The molecule has 15 heavy (non-hydrogen) atoms. The fourth-order valence-corrected chi connectivity index (χ4v) is 1.87. The van der Waals surface area contributed by atoms with Gasteiger partial charge in [-0.3, -0.25) is 4.79 Å². The van der Waals surface area contributed by atoms with Gasteiger partial charge in [0.1, 0.15) is 0 Å². The molecule has 0 heterocycles. The Bertz CT molecular complexity index is 520. The fourth-order valence-electron chi connectivity index (χ4n) is 1.64. The molecule has 0 aliphatic carbocycles. The van der Waals surface area contributed by atoms with Crippen LogP contribution in [0.25, 0.3) is 10.8 Å². The Kier molecular flexibility index (Phi) is 2.60. The summed E-state index contributed by atoms with van der Waals surface area (Å²) < 4.78 is 0. The van der Waals surface area contributed by atoms with Crippen molar-refractivity contribution in [2.24, 2.45) is 0 Å². The maximum atomic E-state index is 10.7. The van der Waals surface area contributed by atoms with Crippen LogP contribution in [0.15, 0.2) is 36.4 Å². The monoisotopic (exact) mass is 220 g/mol. The lowest BCUT2D eigenvalue weighted by Gasteiger charge is -2.05. The molecule has 2 aromatic rings. The van der Waals surface area contributed by atoms with Crippen molar-refractivity contribution >= 4 is 28.3 Å². The third-order valence-corrected chi connectivity index (χ3v) is 2.63.